The van der Waals surface area contributed by atoms with Crippen LogP contribution in [0.5, 0.6) is 0 Å². The topological polar surface area (TPSA) is 52.6 Å². The van der Waals surface area contributed by atoms with Crippen LogP contribution in [0.1, 0.15) is 31.4 Å². The zero-order chi connectivity index (χ0) is 16.4. The monoisotopic (exact) mass is 334 g/mol. The third kappa shape index (κ3) is 3.94. The maximum Gasteiger partial charge on any atom is 0.244 e. The highest BCUT2D eigenvalue weighted by Gasteiger charge is 2.30. The molecule has 1 amide bonds. The van der Waals surface area contributed by atoms with Crippen LogP contribution in [0.25, 0.3) is 0 Å². The first-order valence-corrected chi connectivity index (χ1v) is 8.57. The third-order valence-electron chi connectivity index (χ3n) is 4.89. The van der Waals surface area contributed by atoms with Gasteiger partial charge in [0, 0.05) is 17.6 Å². The van der Waals surface area contributed by atoms with Crippen molar-refractivity contribution in [2.24, 2.45) is 5.92 Å². The molecule has 2 bridgehead atoms. The molecular formula is C18H23ClN2O2. The minimum absolute atomic E-state index is 0.116. The van der Waals surface area contributed by atoms with Gasteiger partial charge in [-0.25, -0.2) is 0 Å². The van der Waals surface area contributed by atoms with Gasteiger partial charge in [-0.05, 0) is 62.0 Å². The molecule has 5 heteroatoms. The Morgan fingerprint density at radius 1 is 1.35 bits per heavy atom. The van der Waals surface area contributed by atoms with Gasteiger partial charge in [0.05, 0.1) is 12.1 Å². The Balaban J connectivity index is 1.60. The van der Waals surface area contributed by atoms with Gasteiger partial charge in [0.25, 0.3) is 0 Å². The summed E-state index contributed by atoms with van der Waals surface area (Å²) in [5.74, 6) is 0.441. The number of hydrogen-bond acceptors (Lipinski definition) is 3. The van der Waals surface area contributed by atoms with Crippen molar-refractivity contribution in [1.82, 2.24) is 10.2 Å². The van der Waals surface area contributed by atoms with E-state index in [0.717, 1.165) is 38.0 Å². The molecule has 23 heavy (non-hydrogen) atoms. The highest BCUT2D eigenvalue weighted by Crippen LogP contribution is 2.31. The predicted molar refractivity (Wildman–Crippen MR) is 91.3 cm³/mol. The maximum atomic E-state index is 12.2. The molecule has 0 aliphatic carbocycles. The average molecular weight is 335 g/mol. The lowest BCUT2D eigenvalue weighted by Gasteiger charge is -2.41. The van der Waals surface area contributed by atoms with E-state index in [4.69, 9.17) is 11.6 Å². The third-order valence-corrected chi connectivity index (χ3v) is 5.14. The minimum Gasteiger partial charge on any atom is -0.386 e. The average Bonchev–Trinajstić information content (AvgIpc) is 2.56. The van der Waals surface area contributed by atoms with Gasteiger partial charge in [0.2, 0.25) is 5.91 Å². The molecule has 2 atom stereocenters. The Bertz CT molecular complexity index is 592. The number of benzene rings is 1. The van der Waals surface area contributed by atoms with E-state index in [1.807, 2.05) is 6.92 Å². The smallest absolute Gasteiger partial charge is 0.244 e. The Kier molecular flexibility index (Phi) is 5.05. The van der Waals surface area contributed by atoms with Crippen molar-refractivity contribution in [3.63, 3.8) is 0 Å². The zero-order valence-electron chi connectivity index (χ0n) is 13.3. The molecule has 3 saturated heterocycles. The van der Waals surface area contributed by atoms with Gasteiger partial charge in [0.15, 0.2) is 0 Å². The second-order valence-electron chi connectivity index (χ2n) is 6.56. The maximum absolute atomic E-state index is 12.2. The first-order chi connectivity index (χ1) is 11.0. The Labute approximate surface area is 142 Å². The Hall–Kier alpha value is -1.36. The summed E-state index contributed by atoms with van der Waals surface area (Å²) in [4.78, 5) is 14.6. The van der Waals surface area contributed by atoms with E-state index in [2.05, 4.69) is 10.2 Å². The van der Waals surface area contributed by atoms with Gasteiger partial charge in [0.1, 0.15) is 0 Å². The van der Waals surface area contributed by atoms with Crippen molar-refractivity contribution in [3.8, 4) is 0 Å². The van der Waals surface area contributed by atoms with Gasteiger partial charge in [-0.2, -0.15) is 0 Å². The Morgan fingerprint density at radius 2 is 2.00 bits per heavy atom. The second-order valence-corrected chi connectivity index (χ2v) is 7.00. The predicted octanol–water partition coefficient (Wildman–Crippen LogP) is 2.53. The summed E-state index contributed by atoms with van der Waals surface area (Å²) in [5, 5.41) is 13.9. The normalized spacial score (nSPS) is 27.7. The van der Waals surface area contributed by atoms with E-state index in [-0.39, 0.29) is 11.9 Å². The molecule has 3 aliphatic rings. The molecule has 3 fully saturated rings. The fourth-order valence-electron chi connectivity index (χ4n) is 3.47. The molecule has 2 N–H and O–H groups in total. The van der Waals surface area contributed by atoms with Gasteiger partial charge in [-0.3, -0.25) is 9.69 Å². The number of nitrogens with one attached hydrogen (secondary N) is 1. The van der Waals surface area contributed by atoms with E-state index in [9.17, 15) is 9.90 Å². The van der Waals surface area contributed by atoms with Crippen molar-refractivity contribution in [2.75, 3.05) is 19.6 Å². The molecule has 0 aromatic heterocycles. The number of aliphatic hydroxyl groups excluding tert-OH is 1. The lowest BCUT2D eigenvalue weighted by molar-refractivity contribution is -0.118. The standard InChI is InChI=1S/C18H23ClN2O2/c1-12(18(23)14-2-4-16(19)5-3-14)20-17(22)10-15-11-21-8-6-13(15)7-9-21/h2-5,10,12-13,18,23H,6-9,11H2,1H3,(H,20,22)/b15-10-. The fraction of sp³-hybridized carbons (Fsp3) is 0.500. The van der Waals surface area contributed by atoms with E-state index in [1.54, 1.807) is 30.3 Å². The summed E-state index contributed by atoms with van der Waals surface area (Å²) in [6.07, 6.45) is 3.30. The molecule has 124 valence electrons. The molecule has 0 saturated carbocycles. The number of aliphatic hydroxyl groups is 1. The first kappa shape index (κ1) is 16.5. The number of carbonyl (C=O) groups excluding carboxylic acids is 1. The summed E-state index contributed by atoms with van der Waals surface area (Å²) < 4.78 is 0. The molecule has 3 heterocycles. The number of carbonyl (C=O) groups is 1. The molecule has 1 aromatic carbocycles. The summed E-state index contributed by atoms with van der Waals surface area (Å²) in [6, 6.07) is 6.68. The van der Waals surface area contributed by atoms with Crippen molar-refractivity contribution in [2.45, 2.75) is 31.9 Å². The van der Waals surface area contributed by atoms with Gasteiger partial charge < -0.3 is 10.4 Å². The molecule has 4 nitrogen and oxygen atoms in total. The van der Waals surface area contributed by atoms with Crippen molar-refractivity contribution in [1.29, 1.82) is 0 Å². The highest BCUT2D eigenvalue weighted by molar-refractivity contribution is 6.30. The molecule has 0 radical (unpaired) electrons. The van der Waals surface area contributed by atoms with Crippen molar-refractivity contribution in [3.05, 3.63) is 46.5 Å². The van der Waals surface area contributed by atoms with Gasteiger partial charge >= 0.3 is 0 Å². The minimum atomic E-state index is -0.749. The van der Waals surface area contributed by atoms with Gasteiger partial charge in [-0.15, -0.1) is 0 Å². The SMILES string of the molecule is CC(NC(=O)/C=C1/CN2CCC1CC2)C(O)c1ccc(Cl)cc1. The first-order valence-electron chi connectivity index (χ1n) is 8.20. The molecule has 4 rings (SSSR count). The van der Waals surface area contributed by atoms with Crippen LogP contribution in [0.2, 0.25) is 5.02 Å². The molecule has 2 unspecified atom stereocenters. The summed E-state index contributed by atoms with van der Waals surface area (Å²) >= 11 is 5.86. The number of nitrogens with zero attached hydrogens (tertiary/aromatic N) is 1. The summed E-state index contributed by atoms with van der Waals surface area (Å²) in [6.45, 7) is 5.02. The summed E-state index contributed by atoms with van der Waals surface area (Å²) in [7, 11) is 0. The van der Waals surface area contributed by atoms with Crippen LogP contribution in [-0.2, 0) is 4.79 Å². The van der Waals surface area contributed by atoms with Crippen molar-refractivity contribution >= 4 is 17.5 Å². The lowest BCUT2D eigenvalue weighted by Crippen LogP contribution is -2.44. The van der Waals surface area contributed by atoms with E-state index in [0.29, 0.717) is 10.9 Å². The van der Waals surface area contributed by atoms with Crippen molar-refractivity contribution < 1.29 is 9.90 Å². The Morgan fingerprint density at radius 3 is 2.57 bits per heavy atom. The van der Waals surface area contributed by atoms with Crippen LogP contribution in [0.4, 0.5) is 0 Å². The highest BCUT2D eigenvalue weighted by atomic mass is 35.5. The van der Waals surface area contributed by atoms with Crippen LogP contribution in [-0.4, -0.2) is 41.6 Å². The number of piperidine rings is 3. The quantitative estimate of drug-likeness (QED) is 0.832. The van der Waals surface area contributed by atoms with Crippen LogP contribution >= 0.6 is 11.6 Å². The van der Waals surface area contributed by atoms with E-state index >= 15 is 0 Å². The number of halogens is 1. The van der Waals surface area contributed by atoms with Crippen LogP contribution in [0.15, 0.2) is 35.9 Å². The lowest BCUT2D eigenvalue weighted by atomic mass is 9.83. The van der Waals surface area contributed by atoms with E-state index in [1.165, 1.54) is 5.57 Å². The molecular weight excluding hydrogens is 312 g/mol. The second kappa shape index (κ2) is 7.04. The van der Waals surface area contributed by atoms with Crippen LogP contribution < -0.4 is 5.32 Å². The van der Waals surface area contributed by atoms with Gasteiger partial charge in [-0.1, -0.05) is 23.7 Å². The van der Waals surface area contributed by atoms with Crippen LogP contribution in [0, 0.1) is 5.92 Å². The number of amides is 1. The molecule has 3 aliphatic heterocycles. The molecule has 0 spiro atoms. The molecule has 1 aromatic rings. The zero-order valence-corrected chi connectivity index (χ0v) is 14.1. The largest absolute Gasteiger partial charge is 0.386 e. The number of hydrogen-bond donors (Lipinski definition) is 2. The number of rotatable bonds is 4. The van der Waals surface area contributed by atoms with E-state index < -0.39 is 6.10 Å². The summed E-state index contributed by atoms with van der Waals surface area (Å²) in [5.41, 5.74) is 1.98. The fourth-order valence-corrected chi connectivity index (χ4v) is 3.60. The van der Waals surface area contributed by atoms with Crippen LogP contribution in [0.3, 0.4) is 0 Å². The number of fused-ring (bicyclic) bond motifs is 3.